The van der Waals surface area contributed by atoms with E-state index < -0.39 is 11.7 Å². The molecule has 2 rings (SSSR count). The maximum atomic E-state index is 13.6. The second-order valence-electron chi connectivity index (χ2n) is 3.72. The molecule has 1 aromatic carbocycles. The fraction of sp³-hybridized carbons (Fsp3) is 0.0769. The third-order valence-electron chi connectivity index (χ3n) is 2.43. The number of benzene rings is 1. The Morgan fingerprint density at radius 3 is 2.78 bits per heavy atom. The second kappa shape index (κ2) is 5.27. The molecule has 0 aliphatic heterocycles. The van der Waals surface area contributed by atoms with Crippen LogP contribution in [0, 0.1) is 12.7 Å². The fourth-order valence-corrected chi connectivity index (χ4v) is 1.95. The molecule has 1 heterocycles. The Labute approximate surface area is 112 Å². The molecule has 0 spiro atoms. The molecule has 92 valence electrons. The third-order valence-corrected chi connectivity index (χ3v) is 3.07. The number of nitrogens with zero attached hydrogens (tertiary/aromatic N) is 1. The lowest BCUT2D eigenvalue weighted by Crippen LogP contribution is -2.16. The number of carbonyl (C=O) groups is 1. The molecule has 2 aromatic rings. The summed E-state index contributed by atoms with van der Waals surface area (Å²) < 4.78 is 14.1. The van der Waals surface area contributed by atoms with Gasteiger partial charge in [0.15, 0.2) is 0 Å². The molecule has 0 aliphatic carbocycles. The lowest BCUT2D eigenvalue weighted by molar-refractivity contribution is 0.102. The highest BCUT2D eigenvalue weighted by atomic mass is 79.9. The molecule has 0 atom stereocenters. The van der Waals surface area contributed by atoms with Gasteiger partial charge in [0.2, 0.25) is 0 Å². The minimum atomic E-state index is -0.463. The Morgan fingerprint density at radius 1 is 1.33 bits per heavy atom. The van der Waals surface area contributed by atoms with Crippen molar-refractivity contribution >= 4 is 27.5 Å². The van der Waals surface area contributed by atoms with Crippen LogP contribution in [0.2, 0.25) is 0 Å². The summed E-state index contributed by atoms with van der Waals surface area (Å²) in [6.45, 7) is 1.73. The molecule has 0 aliphatic rings. The van der Waals surface area contributed by atoms with E-state index in [0.29, 0.717) is 10.0 Å². The Morgan fingerprint density at radius 2 is 2.11 bits per heavy atom. The summed E-state index contributed by atoms with van der Waals surface area (Å²) in [5, 5.41) is 2.53. The first-order chi connectivity index (χ1) is 8.59. The quantitative estimate of drug-likeness (QED) is 0.922. The van der Waals surface area contributed by atoms with Gasteiger partial charge in [0.25, 0.3) is 5.91 Å². The number of rotatable bonds is 2. The normalized spacial score (nSPS) is 10.2. The van der Waals surface area contributed by atoms with Crippen LogP contribution in [-0.4, -0.2) is 10.9 Å². The summed E-state index contributed by atoms with van der Waals surface area (Å²) in [7, 11) is 0. The zero-order valence-electron chi connectivity index (χ0n) is 9.58. The number of hydrogen-bond donors (Lipinski definition) is 1. The van der Waals surface area contributed by atoms with Crippen LogP contribution in [0.5, 0.6) is 0 Å². The van der Waals surface area contributed by atoms with Gasteiger partial charge in [-0.15, -0.1) is 0 Å². The van der Waals surface area contributed by atoms with Crippen LogP contribution in [0.25, 0.3) is 0 Å². The minimum Gasteiger partial charge on any atom is -0.318 e. The smallest absolute Gasteiger partial charge is 0.275 e. The van der Waals surface area contributed by atoms with Crippen molar-refractivity contribution in [3.63, 3.8) is 0 Å². The Hall–Kier alpha value is -1.75. The van der Waals surface area contributed by atoms with Crippen molar-refractivity contribution in [2.45, 2.75) is 6.92 Å². The molecular formula is C13H10BrFN2O. The number of nitrogens with one attached hydrogen (secondary N) is 1. The molecule has 1 amide bonds. The van der Waals surface area contributed by atoms with Crippen LogP contribution < -0.4 is 5.32 Å². The third kappa shape index (κ3) is 2.56. The van der Waals surface area contributed by atoms with Gasteiger partial charge in [-0.2, -0.15) is 0 Å². The van der Waals surface area contributed by atoms with Crippen molar-refractivity contribution in [1.82, 2.24) is 4.98 Å². The number of carbonyl (C=O) groups excluding carboxylic acids is 1. The summed E-state index contributed by atoms with van der Waals surface area (Å²) >= 11 is 3.23. The molecule has 0 bridgehead atoms. The highest BCUT2D eigenvalue weighted by molar-refractivity contribution is 9.10. The van der Waals surface area contributed by atoms with E-state index in [4.69, 9.17) is 0 Å². The van der Waals surface area contributed by atoms with E-state index in [1.165, 1.54) is 12.3 Å². The van der Waals surface area contributed by atoms with E-state index in [1.54, 1.807) is 31.2 Å². The molecule has 0 saturated carbocycles. The van der Waals surface area contributed by atoms with Crippen LogP contribution >= 0.6 is 15.9 Å². The van der Waals surface area contributed by atoms with Gasteiger partial charge in [0.05, 0.1) is 5.69 Å². The highest BCUT2D eigenvalue weighted by Crippen LogP contribution is 2.21. The zero-order valence-corrected chi connectivity index (χ0v) is 11.2. The molecule has 3 nitrogen and oxygen atoms in total. The predicted octanol–water partition coefficient (Wildman–Crippen LogP) is 3.54. The van der Waals surface area contributed by atoms with E-state index in [0.717, 1.165) is 0 Å². The van der Waals surface area contributed by atoms with Gasteiger partial charge in [0, 0.05) is 10.7 Å². The molecule has 0 fully saturated rings. The summed E-state index contributed by atoms with van der Waals surface area (Å²) in [6, 6.07) is 8.03. The van der Waals surface area contributed by atoms with E-state index in [2.05, 4.69) is 26.2 Å². The largest absolute Gasteiger partial charge is 0.318 e. The van der Waals surface area contributed by atoms with Gasteiger partial charge in [0.1, 0.15) is 11.5 Å². The number of aromatic nitrogens is 1. The van der Waals surface area contributed by atoms with Crippen molar-refractivity contribution < 1.29 is 9.18 Å². The predicted molar refractivity (Wildman–Crippen MR) is 71.0 cm³/mol. The number of anilines is 1. The molecule has 5 heteroatoms. The first kappa shape index (κ1) is 12.7. The Bertz CT molecular complexity index is 581. The van der Waals surface area contributed by atoms with Crippen molar-refractivity contribution in [2.75, 3.05) is 5.32 Å². The number of para-hydroxylation sites is 1. The van der Waals surface area contributed by atoms with Gasteiger partial charge in [-0.1, -0.05) is 12.1 Å². The van der Waals surface area contributed by atoms with Crippen molar-refractivity contribution in [3.8, 4) is 0 Å². The number of pyridine rings is 1. The maximum absolute atomic E-state index is 13.6. The molecule has 0 saturated heterocycles. The Balaban J connectivity index is 2.30. The van der Waals surface area contributed by atoms with E-state index in [-0.39, 0.29) is 11.4 Å². The van der Waals surface area contributed by atoms with Gasteiger partial charge < -0.3 is 5.32 Å². The van der Waals surface area contributed by atoms with Crippen molar-refractivity contribution in [1.29, 1.82) is 0 Å². The lowest BCUT2D eigenvalue weighted by atomic mass is 10.2. The van der Waals surface area contributed by atoms with E-state index in [9.17, 15) is 9.18 Å². The van der Waals surface area contributed by atoms with Crippen LogP contribution in [0.1, 0.15) is 16.1 Å². The molecular weight excluding hydrogens is 299 g/mol. The minimum absolute atomic E-state index is 0.181. The highest BCUT2D eigenvalue weighted by Gasteiger charge is 2.14. The van der Waals surface area contributed by atoms with Gasteiger partial charge in [-0.25, -0.2) is 9.37 Å². The monoisotopic (exact) mass is 308 g/mol. The van der Waals surface area contributed by atoms with E-state index in [1.807, 2.05) is 0 Å². The Kier molecular flexibility index (Phi) is 3.72. The lowest BCUT2D eigenvalue weighted by Gasteiger charge is -2.09. The molecule has 1 N–H and O–H groups in total. The van der Waals surface area contributed by atoms with E-state index >= 15 is 0 Å². The van der Waals surface area contributed by atoms with Crippen LogP contribution in [0.15, 0.2) is 41.0 Å². The van der Waals surface area contributed by atoms with Crippen LogP contribution in [0.3, 0.4) is 0 Å². The van der Waals surface area contributed by atoms with Crippen molar-refractivity contribution in [2.24, 2.45) is 0 Å². The fourth-order valence-electron chi connectivity index (χ4n) is 1.52. The van der Waals surface area contributed by atoms with Gasteiger partial charge in [-0.3, -0.25) is 4.79 Å². The van der Waals surface area contributed by atoms with Gasteiger partial charge >= 0.3 is 0 Å². The summed E-state index contributed by atoms with van der Waals surface area (Å²) in [6.07, 6.45) is 1.51. The molecule has 1 aromatic heterocycles. The number of aryl methyl sites for hydroxylation is 1. The number of halogens is 2. The zero-order chi connectivity index (χ0) is 13.1. The molecule has 0 unspecified atom stereocenters. The summed E-state index contributed by atoms with van der Waals surface area (Å²) in [4.78, 5) is 15.9. The summed E-state index contributed by atoms with van der Waals surface area (Å²) in [5.41, 5.74) is 1.07. The first-order valence-corrected chi connectivity index (χ1v) is 6.06. The topological polar surface area (TPSA) is 42.0 Å². The molecule has 18 heavy (non-hydrogen) atoms. The number of hydrogen-bond acceptors (Lipinski definition) is 2. The van der Waals surface area contributed by atoms with Crippen molar-refractivity contribution in [3.05, 3.63) is 58.1 Å². The average Bonchev–Trinajstić information content (AvgIpc) is 2.34. The van der Waals surface area contributed by atoms with Crippen LogP contribution in [0.4, 0.5) is 10.1 Å². The van der Waals surface area contributed by atoms with Gasteiger partial charge in [-0.05, 0) is 46.6 Å². The first-order valence-electron chi connectivity index (χ1n) is 5.26. The standard InChI is InChI=1S/C13H10BrFN2O/c1-8-4-2-6-10(15)11(8)17-13(18)12-9(14)5-3-7-16-12/h2-7H,1H3,(H,17,18). The SMILES string of the molecule is Cc1cccc(F)c1NC(=O)c1ncccc1Br. The second-order valence-corrected chi connectivity index (χ2v) is 4.57. The maximum Gasteiger partial charge on any atom is 0.275 e. The van der Waals surface area contributed by atoms with Crippen LogP contribution in [-0.2, 0) is 0 Å². The number of amides is 1. The average molecular weight is 309 g/mol. The molecule has 0 radical (unpaired) electrons. The summed E-state index contributed by atoms with van der Waals surface area (Å²) in [5.74, 6) is -0.911.